The standard InChI is InChI=1S/C32H48N6O4.2C2H6.CH4/c1-21(8-7-15-35-3)22(2)42-28-18-26(25(33)11-16-36-19-23-12-17-41-20-23)37-31(38-28)29(34)24-9-6-14-32(30(24)40)13-5-4-10-27(32)39;2*1-2;/h11,16,18,21-23,35H,4-10,12-15,17,19-20,33-34H2,1-3H3;2*1-2H3;1H4/b25-11-,29-24-,36-16?;;;/t21?,22-,23+,32+;;;/m0.../s1. The number of ether oxygens (including phenoxy) is 2. The number of Topliss-reactive ketones (excluding diaryl/α,β-unsaturated/α-hetero) is 2. The van der Waals surface area contributed by atoms with Crippen LogP contribution in [0.4, 0.5) is 0 Å². The van der Waals surface area contributed by atoms with Crippen LogP contribution in [0.3, 0.4) is 0 Å². The zero-order chi connectivity index (χ0) is 34.1. The first-order chi connectivity index (χ1) is 22.2. The Labute approximate surface area is 284 Å². The van der Waals surface area contributed by atoms with Crippen LogP contribution in [0.5, 0.6) is 5.88 Å². The largest absolute Gasteiger partial charge is 0.474 e. The minimum absolute atomic E-state index is 0. The molecule has 2 heterocycles. The van der Waals surface area contributed by atoms with Gasteiger partial charge in [-0.1, -0.05) is 48.5 Å². The summed E-state index contributed by atoms with van der Waals surface area (Å²) in [6.07, 6.45) is 10.9. The maximum absolute atomic E-state index is 13.8. The van der Waals surface area contributed by atoms with Gasteiger partial charge in [0.25, 0.3) is 0 Å². The van der Waals surface area contributed by atoms with Gasteiger partial charge in [-0.2, -0.15) is 4.98 Å². The molecule has 0 bridgehead atoms. The lowest BCUT2D eigenvalue weighted by atomic mass is 9.62. The lowest BCUT2D eigenvalue weighted by Gasteiger charge is -2.38. The predicted molar refractivity (Wildman–Crippen MR) is 194 cm³/mol. The quantitative estimate of drug-likeness (QED) is 0.0986. The van der Waals surface area contributed by atoms with E-state index in [1.165, 1.54) is 0 Å². The van der Waals surface area contributed by atoms with Crippen molar-refractivity contribution in [3.8, 4) is 5.88 Å². The monoisotopic (exact) mass is 656 g/mol. The summed E-state index contributed by atoms with van der Waals surface area (Å²) in [5.74, 6) is 1.13. The van der Waals surface area contributed by atoms with Gasteiger partial charge in [-0.3, -0.25) is 14.6 Å². The Balaban J connectivity index is 0.00000213. The van der Waals surface area contributed by atoms with Crippen LogP contribution in [-0.2, 0) is 14.3 Å². The van der Waals surface area contributed by atoms with E-state index in [1.807, 2.05) is 41.7 Å². The van der Waals surface area contributed by atoms with Crippen molar-refractivity contribution in [2.75, 3.05) is 33.4 Å². The van der Waals surface area contributed by atoms with Crippen molar-refractivity contribution in [1.29, 1.82) is 0 Å². The highest BCUT2D eigenvalue weighted by Crippen LogP contribution is 2.45. The number of nitrogens with zero attached hydrogens (tertiary/aromatic N) is 3. The normalized spacial score (nSPS) is 23.6. The van der Waals surface area contributed by atoms with Gasteiger partial charge in [0.1, 0.15) is 11.9 Å². The number of hydrogen-bond acceptors (Lipinski definition) is 10. The van der Waals surface area contributed by atoms with Crippen LogP contribution >= 0.6 is 0 Å². The molecule has 1 aliphatic heterocycles. The summed E-state index contributed by atoms with van der Waals surface area (Å²) in [5, 5.41) is 3.18. The third kappa shape index (κ3) is 11.5. The topological polar surface area (TPSA) is 155 Å². The van der Waals surface area contributed by atoms with E-state index in [4.69, 9.17) is 20.9 Å². The highest BCUT2D eigenvalue weighted by Gasteiger charge is 2.49. The second-order valence-corrected chi connectivity index (χ2v) is 12.1. The van der Waals surface area contributed by atoms with Gasteiger partial charge in [0, 0.05) is 43.3 Å². The molecule has 0 aromatic carbocycles. The number of carbonyl (C=O) groups is 2. The van der Waals surface area contributed by atoms with Gasteiger partial charge < -0.3 is 26.3 Å². The zero-order valence-electron chi connectivity index (χ0n) is 29.5. The predicted octanol–water partition coefficient (Wildman–Crippen LogP) is 6.53. The van der Waals surface area contributed by atoms with Crippen LogP contribution in [0.1, 0.15) is 125 Å². The molecular formula is C37H64N6O4. The van der Waals surface area contributed by atoms with Gasteiger partial charge >= 0.3 is 0 Å². The molecule has 3 fully saturated rings. The minimum atomic E-state index is -0.954. The zero-order valence-corrected chi connectivity index (χ0v) is 29.5. The molecule has 1 saturated heterocycles. The number of hydrogen-bond donors (Lipinski definition) is 3. The molecule has 10 heteroatoms. The van der Waals surface area contributed by atoms with Gasteiger partial charge in [0.05, 0.1) is 29.1 Å². The fraction of sp³-hybridized carbons (Fsp3) is 0.703. The number of allylic oxidation sites excluding steroid dienone is 2. The Hall–Kier alpha value is -3.11. The van der Waals surface area contributed by atoms with E-state index in [1.54, 1.807) is 18.4 Å². The Morgan fingerprint density at radius 3 is 2.51 bits per heavy atom. The number of carbonyl (C=O) groups excluding carboxylic acids is 2. The minimum Gasteiger partial charge on any atom is -0.474 e. The first-order valence-corrected chi connectivity index (χ1v) is 17.6. The third-order valence-electron chi connectivity index (χ3n) is 9.04. The fourth-order valence-corrected chi connectivity index (χ4v) is 6.12. The van der Waals surface area contributed by atoms with Crippen molar-refractivity contribution in [3.05, 3.63) is 29.2 Å². The summed E-state index contributed by atoms with van der Waals surface area (Å²) in [4.78, 5) is 40.6. The Morgan fingerprint density at radius 1 is 1.13 bits per heavy atom. The van der Waals surface area contributed by atoms with Gasteiger partial charge in [0.15, 0.2) is 11.6 Å². The number of nitrogens with one attached hydrogen (secondary N) is 1. The molecular weight excluding hydrogens is 592 g/mol. The summed E-state index contributed by atoms with van der Waals surface area (Å²) in [7, 11) is 1.95. The summed E-state index contributed by atoms with van der Waals surface area (Å²) < 4.78 is 11.7. The SMILES string of the molecule is C.CC.CC.CNCCCC(C)[C@H](C)Oc1cc(/C(N)=C/C=NC[C@H]2CCOC2)nc(/C(N)=C2\CCC[C@@]3(CCCCC3=O)C2=O)n1. The Bertz CT molecular complexity index is 1200. The number of aliphatic imine (C=N–C) groups is 1. The summed E-state index contributed by atoms with van der Waals surface area (Å²) in [5.41, 5.74) is 13.6. The van der Waals surface area contributed by atoms with Crippen LogP contribution in [0.25, 0.3) is 11.4 Å². The van der Waals surface area contributed by atoms with E-state index in [-0.39, 0.29) is 42.5 Å². The molecule has 1 unspecified atom stereocenters. The second-order valence-electron chi connectivity index (χ2n) is 12.1. The molecule has 4 rings (SSSR count). The molecule has 47 heavy (non-hydrogen) atoms. The number of nitrogens with two attached hydrogens (primary N) is 2. The Kier molecular flexibility index (Phi) is 19.4. The van der Waals surface area contributed by atoms with Crippen molar-refractivity contribution in [2.24, 2.45) is 33.7 Å². The van der Waals surface area contributed by atoms with Gasteiger partial charge in [0.2, 0.25) is 5.88 Å². The molecule has 1 aromatic rings. The maximum atomic E-state index is 13.8. The molecule has 2 aliphatic carbocycles. The molecule has 2 saturated carbocycles. The summed E-state index contributed by atoms with van der Waals surface area (Å²) >= 11 is 0. The molecule has 0 amide bonds. The molecule has 5 N–H and O–H groups in total. The first-order valence-electron chi connectivity index (χ1n) is 17.6. The number of rotatable bonds is 12. The molecule has 1 aromatic heterocycles. The van der Waals surface area contributed by atoms with Crippen LogP contribution < -0.4 is 21.5 Å². The smallest absolute Gasteiger partial charge is 0.217 e. The van der Waals surface area contributed by atoms with E-state index < -0.39 is 5.41 Å². The van der Waals surface area contributed by atoms with E-state index in [0.717, 1.165) is 58.3 Å². The van der Waals surface area contributed by atoms with Crippen LogP contribution in [0.15, 0.2) is 22.7 Å². The third-order valence-corrected chi connectivity index (χ3v) is 9.04. The average molecular weight is 657 g/mol. The Morgan fingerprint density at radius 2 is 1.85 bits per heavy atom. The van der Waals surface area contributed by atoms with E-state index in [2.05, 4.69) is 27.2 Å². The lowest BCUT2D eigenvalue weighted by Crippen LogP contribution is -2.45. The molecule has 1 spiro atoms. The highest BCUT2D eigenvalue weighted by atomic mass is 16.5. The molecule has 4 atom stereocenters. The van der Waals surface area contributed by atoms with Crippen LogP contribution in [-0.4, -0.2) is 67.2 Å². The molecule has 10 nitrogen and oxygen atoms in total. The second kappa shape index (κ2) is 21.7. The van der Waals surface area contributed by atoms with Crippen molar-refractivity contribution in [3.63, 3.8) is 0 Å². The van der Waals surface area contributed by atoms with Crippen LogP contribution in [0.2, 0.25) is 0 Å². The summed E-state index contributed by atoms with van der Waals surface area (Å²) in [6, 6.07) is 1.71. The van der Waals surface area contributed by atoms with Gasteiger partial charge in [-0.15, -0.1) is 0 Å². The van der Waals surface area contributed by atoms with Crippen LogP contribution in [0, 0.1) is 17.3 Å². The maximum Gasteiger partial charge on any atom is 0.217 e. The molecule has 266 valence electrons. The van der Waals surface area contributed by atoms with Gasteiger partial charge in [-0.05, 0) is 83.9 Å². The lowest BCUT2D eigenvalue weighted by molar-refractivity contribution is -0.143. The first kappa shape index (κ1) is 41.9. The van der Waals surface area contributed by atoms with E-state index in [0.29, 0.717) is 61.0 Å². The summed E-state index contributed by atoms with van der Waals surface area (Å²) in [6.45, 7) is 15.3. The van der Waals surface area contributed by atoms with Crippen molar-refractivity contribution < 1.29 is 19.1 Å². The van der Waals surface area contributed by atoms with Crippen molar-refractivity contribution >= 4 is 29.2 Å². The number of aromatic nitrogens is 2. The fourth-order valence-electron chi connectivity index (χ4n) is 6.12. The van der Waals surface area contributed by atoms with Crippen molar-refractivity contribution in [2.45, 2.75) is 119 Å². The molecule has 3 aliphatic rings. The van der Waals surface area contributed by atoms with Crippen molar-refractivity contribution in [1.82, 2.24) is 15.3 Å². The van der Waals surface area contributed by atoms with E-state index >= 15 is 0 Å². The molecule has 0 radical (unpaired) electrons. The highest BCUT2D eigenvalue weighted by molar-refractivity contribution is 6.17. The van der Waals surface area contributed by atoms with Gasteiger partial charge in [-0.25, -0.2) is 4.98 Å². The van der Waals surface area contributed by atoms with E-state index in [9.17, 15) is 9.59 Å². The number of ketones is 2. The average Bonchev–Trinajstić information content (AvgIpc) is 3.60.